The Balaban J connectivity index is 2.83. The maximum absolute atomic E-state index is 6.93. The third-order valence-corrected chi connectivity index (χ3v) is 1.52. The molecule has 0 spiro atoms. The smallest absolute Gasteiger partial charge is 0.140 e. The molecule has 0 radical (unpaired) electrons. The summed E-state index contributed by atoms with van der Waals surface area (Å²) in [6, 6.07) is 3.44. The van der Waals surface area contributed by atoms with E-state index in [0.717, 1.165) is 0 Å². The summed E-state index contributed by atoms with van der Waals surface area (Å²) in [5.41, 5.74) is 0. The van der Waals surface area contributed by atoms with Crippen LogP contribution in [0.2, 0.25) is 0 Å². The van der Waals surface area contributed by atoms with Crippen LogP contribution in [0.1, 0.15) is 4.11 Å². The van der Waals surface area contributed by atoms with Gasteiger partial charge in [0.15, 0.2) is 0 Å². The predicted molar refractivity (Wildman–Crippen MR) is 41.5 cm³/mol. The van der Waals surface area contributed by atoms with Gasteiger partial charge in [-0.2, -0.15) is 0 Å². The molecule has 0 saturated heterocycles. The molecule has 0 amide bonds. The van der Waals surface area contributed by atoms with Crippen molar-refractivity contribution < 1.29 is 4.11 Å². The number of nitrogens with zero attached hydrogens (tertiary/aromatic N) is 1. The van der Waals surface area contributed by atoms with Gasteiger partial charge in [-0.1, -0.05) is 0 Å². The summed E-state index contributed by atoms with van der Waals surface area (Å²) in [5.74, 6) is 0.331. The van der Waals surface area contributed by atoms with Crippen molar-refractivity contribution in [3.63, 3.8) is 0 Å². The van der Waals surface area contributed by atoms with Crippen molar-refractivity contribution in [1.29, 1.82) is 0 Å². The second-order valence-electron chi connectivity index (χ2n) is 1.46. The van der Waals surface area contributed by atoms with Gasteiger partial charge in [-0.25, -0.2) is 4.98 Å². The van der Waals surface area contributed by atoms with Crippen LogP contribution in [-0.2, 0) is 0 Å². The van der Waals surface area contributed by atoms with E-state index < -0.39 is 6.98 Å². The molecule has 0 atom stereocenters. The van der Waals surface area contributed by atoms with Gasteiger partial charge in [0.25, 0.3) is 0 Å². The number of anilines is 1. The molecule has 48 valence electrons. The van der Waals surface area contributed by atoms with Crippen LogP contribution >= 0.6 is 15.9 Å². The average Bonchev–Trinajstić information content (AvgIpc) is 1.91. The first-order valence-electron chi connectivity index (χ1n) is 3.88. The summed E-state index contributed by atoms with van der Waals surface area (Å²) in [6.45, 7) is -2.20. The van der Waals surface area contributed by atoms with Gasteiger partial charge >= 0.3 is 0 Å². The number of hydrogen-bond donors (Lipinski definition) is 1. The molecule has 1 N–H and O–H groups in total. The van der Waals surface area contributed by atoms with Gasteiger partial charge in [-0.05, 0) is 28.1 Å². The molecule has 2 nitrogen and oxygen atoms in total. The van der Waals surface area contributed by atoms with Gasteiger partial charge in [0.2, 0.25) is 0 Å². The van der Waals surface area contributed by atoms with E-state index in [1.54, 1.807) is 12.1 Å². The van der Waals surface area contributed by atoms with Gasteiger partial charge in [0.05, 0.1) is 4.47 Å². The van der Waals surface area contributed by atoms with Crippen LogP contribution in [0.15, 0.2) is 22.8 Å². The average molecular weight is 190 g/mol. The van der Waals surface area contributed by atoms with Crippen LogP contribution < -0.4 is 5.32 Å². The van der Waals surface area contributed by atoms with Crippen molar-refractivity contribution >= 4 is 21.7 Å². The second kappa shape index (κ2) is 2.82. The van der Waals surface area contributed by atoms with E-state index in [9.17, 15) is 0 Å². The van der Waals surface area contributed by atoms with Crippen LogP contribution in [-0.4, -0.2) is 12.0 Å². The van der Waals surface area contributed by atoms with E-state index in [1.807, 2.05) is 0 Å². The lowest BCUT2D eigenvalue weighted by atomic mass is 10.5. The van der Waals surface area contributed by atoms with E-state index >= 15 is 0 Å². The minimum absolute atomic E-state index is 0.331. The molecule has 0 saturated carbocycles. The Hall–Kier alpha value is -0.570. The van der Waals surface area contributed by atoms with E-state index in [4.69, 9.17) is 4.11 Å². The minimum Gasteiger partial charge on any atom is -0.372 e. The zero-order valence-corrected chi connectivity index (χ0v) is 6.14. The lowest BCUT2D eigenvalue weighted by molar-refractivity contribution is 1.27. The molecule has 1 aromatic heterocycles. The number of halogens is 1. The highest BCUT2D eigenvalue weighted by molar-refractivity contribution is 9.10. The molecule has 9 heavy (non-hydrogen) atoms. The summed E-state index contributed by atoms with van der Waals surface area (Å²) >= 11 is 3.17. The van der Waals surface area contributed by atoms with Crippen LogP contribution in [0.25, 0.3) is 0 Å². The van der Waals surface area contributed by atoms with Crippen molar-refractivity contribution in [2.24, 2.45) is 0 Å². The Labute approximate surface area is 66.6 Å². The monoisotopic (exact) mass is 189 g/mol. The quantitative estimate of drug-likeness (QED) is 0.731. The highest BCUT2D eigenvalue weighted by Crippen LogP contribution is 2.16. The number of nitrogens with one attached hydrogen (secondary N) is 1. The van der Waals surface area contributed by atoms with E-state index in [1.165, 1.54) is 6.20 Å². The standard InChI is InChI=1S/C6H7BrN2/c1-8-6-5(7)3-2-4-9-6/h2-4H,1H3,(H,8,9)/i1D3. The van der Waals surface area contributed by atoms with Gasteiger partial charge in [-0.3, -0.25) is 0 Å². The van der Waals surface area contributed by atoms with E-state index in [-0.39, 0.29) is 0 Å². The van der Waals surface area contributed by atoms with Crippen LogP contribution in [0.5, 0.6) is 0 Å². The van der Waals surface area contributed by atoms with E-state index in [2.05, 4.69) is 26.2 Å². The Morgan fingerprint density at radius 2 is 2.78 bits per heavy atom. The third-order valence-electron chi connectivity index (χ3n) is 0.877. The summed E-state index contributed by atoms with van der Waals surface area (Å²) in [4.78, 5) is 3.85. The molecule has 1 heterocycles. The molecule has 3 heteroatoms. The maximum Gasteiger partial charge on any atom is 0.140 e. The predicted octanol–water partition coefficient (Wildman–Crippen LogP) is 1.89. The molecule has 0 aliphatic carbocycles. The molecule has 0 aliphatic rings. The van der Waals surface area contributed by atoms with Gasteiger partial charge < -0.3 is 5.32 Å². The molecule has 0 fully saturated rings. The summed E-state index contributed by atoms with van der Waals surface area (Å²) < 4.78 is 21.4. The minimum atomic E-state index is -2.20. The van der Waals surface area contributed by atoms with Gasteiger partial charge in [-0.15, -0.1) is 0 Å². The Morgan fingerprint density at radius 3 is 3.44 bits per heavy atom. The Bertz CT molecular complexity index is 274. The van der Waals surface area contributed by atoms with Crippen molar-refractivity contribution in [1.82, 2.24) is 4.98 Å². The van der Waals surface area contributed by atoms with Crippen molar-refractivity contribution in [3.05, 3.63) is 22.8 Å². The van der Waals surface area contributed by atoms with Crippen LogP contribution in [0.4, 0.5) is 5.82 Å². The Morgan fingerprint density at radius 1 is 1.89 bits per heavy atom. The zero-order valence-electron chi connectivity index (χ0n) is 7.56. The number of aromatic nitrogens is 1. The number of rotatable bonds is 1. The third kappa shape index (κ3) is 1.42. The Kier molecular flexibility index (Phi) is 1.12. The summed E-state index contributed by atoms with van der Waals surface area (Å²) in [5, 5.41) is 2.29. The topological polar surface area (TPSA) is 24.9 Å². The molecule has 0 unspecified atom stereocenters. The highest BCUT2D eigenvalue weighted by Gasteiger charge is 1.92. The fourth-order valence-corrected chi connectivity index (χ4v) is 0.832. The first-order valence-corrected chi connectivity index (χ1v) is 3.17. The number of hydrogen-bond acceptors (Lipinski definition) is 2. The fraction of sp³-hybridized carbons (Fsp3) is 0.167. The first kappa shape index (κ1) is 3.56. The molecule has 0 bridgehead atoms. The molecular weight excluding hydrogens is 180 g/mol. The van der Waals surface area contributed by atoms with Crippen molar-refractivity contribution in [2.75, 3.05) is 12.3 Å². The fourth-order valence-electron chi connectivity index (χ4n) is 0.478. The van der Waals surface area contributed by atoms with Crippen LogP contribution in [0, 0.1) is 0 Å². The molecule has 1 rings (SSSR count). The van der Waals surface area contributed by atoms with Gasteiger partial charge in [0, 0.05) is 17.3 Å². The zero-order chi connectivity index (χ0) is 9.19. The van der Waals surface area contributed by atoms with Crippen molar-refractivity contribution in [3.8, 4) is 0 Å². The largest absolute Gasteiger partial charge is 0.372 e. The second-order valence-corrected chi connectivity index (χ2v) is 2.31. The SMILES string of the molecule is [2H]C([2H])([2H])Nc1ncccc1Br. The summed E-state index contributed by atoms with van der Waals surface area (Å²) in [7, 11) is 0. The van der Waals surface area contributed by atoms with E-state index in [0.29, 0.717) is 10.3 Å². The number of pyridine rings is 1. The molecular formula is C6H7BrN2. The molecule has 0 aromatic carbocycles. The first-order chi connectivity index (χ1) is 5.49. The van der Waals surface area contributed by atoms with Crippen molar-refractivity contribution in [2.45, 2.75) is 0 Å². The lowest BCUT2D eigenvalue weighted by Crippen LogP contribution is -1.91. The van der Waals surface area contributed by atoms with Crippen LogP contribution in [0.3, 0.4) is 0 Å². The lowest BCUT2D eigenvalue weighted by Gasteiger charge is -1.98. The maximum atomic E-state index is 6.93. The summed E-state index contributed by atoms with van der Waals surface area (Å²) in [6.07, 6.45) is 1.53. The molecule has 1 aromatic rings. The molecule has 0 aliphatic heterocycles. The van der Waals surface area contributed by atoms with Gasteiger partial charge in [0.1, 0.15) is 5.82 Å². The normalized spacial score (nSPS) is 15.4. The highest BCUT2D eigenvalue weighted by atomic mass is 79.9.